The molecule has 6 heteroatoms. The molecule has 0 saturated carbocycles. The molecule has 0 unspecified atom stereocenters. The third-order valence-electron chi connectivity index (χ3n) is 6.31. The van der Waals surface area contributed by atoms with Gasteiger partial charge in [0.05, 0.1) is 18.6 Å². The van der Waals surface area contributed by atoms with Crippen LogP contribution in [0.25, 0.3) is 0 Å². The number of hydrogen-bond donors (Lipinski definition) is 3. The molecule has 3 N–H and O–H groups in total. The van der Waals surface area contributed by atoms with Crippen molar-refractivity contribution >= 4 is 23.0 Å². The van der Waals surface area contributed by atoms with Crippen LogP contribution in [0.3, 0.4) is 0 Å². The summed E-state index contributed by atoms with van der Waals surface area (Å²) in [7, 11) is 0. The van der Waals surface area contributed by atoms with Crippen LogP contribution < -0.4 is 16.0 Å². The zero-order valence-corrected chi connectivity index (χ0v) is 30.7. The number of anilines is 3. The average molecular weight is 634 g/mol. The summed E-state index contributed by atoms with van der Waals surface area (Å²) < 4.78 is 10.7. The van der Waals surface area contributed by atoms with Crippen LogP contribution in [0.5, 0.6) is 0 Å². The van der Waals surface area contributed by atoms with Crippen molar-refractivity contribution in [3.05, 3.63) is 89.5 Å². The lowest BCUT2D eigenvalue weighted by molar-refractivity contribution is -0.148. The van der Waals surface area contributed by atoms with Gasteiger partial charge in [-0.1, -0.05) is 64.1 Å². The molecule has 0 saturated heterocycles. The fraction of sp³-hybridized carbons (Fsp3) is 0.525. The van der Waals surface area contributed by atoms with Gasteiger partial charge < -0.3 is 25.4 Å². The summed E-state index contributed by atoms with van der Waals surface area (Å²) in [5.41, 5.74) is 7.12. The summed E-state index contributed by atoms with van der Waals surface area (Å²) in [4.78, 5) is 11.3. The molecular weight excluding hydrogens is 570 g/mol. The molecule has 0 aliphatic rings. The Bertz CT molecular complexity index is 1170. The van der Waals surface area contributed by atoms with Crippen LogP contribution in [0.4, 0.5) is 17.1 Å². The summed E-state index contributed by atoms with van der Waals surface area (Å²) in [6.07, 6.45) is 1.46. The SMILES string of the molecule is CC(C)Cc1ccc(NC(C)C)cc1.CC(C)Nc1ccc(COC(=O)C(C)C)cc1.CC(C)Nc1ccc(COC(C)C)cc1. The van der Waals surface area contributed by atoms with E-state index in [0.29, 0.717) is 37.4 Å². The highest BCUT2D eigenvalue weighted by Gasteiger charge is 2.08. The highest BCUT2D eigenvalue weighted by molar-refractivity contribution is 5.71. The third-order valence-corrected chi connectivity index (χ3v) is 6.31. The fourth-order valence-electron chi connectivity index (χ4n) is 4.19. The summed E-state index contributed by atoms with van der Waals surface area (Å²) in [5, 5.41) is 10.0. The first-order chi connectivity index (χ1) is 21.6. The number of rotatable bonds is 14. The zero-order chi connectivity index (χ0) is 34.6. The first-order valence-corrected chi connectivity index (χ1v) is 17.0. The van der Waals surface area contributed by atoms with Gasteiger partial charge in [-0.2, -0.15) is 0 Å². The van der Waals surface area contributed by atoms with Crippen LogP contribution in [-0.2, 0) is 33.9 Å². The van der Waals surface area contributed by atoms with Gasteiger partial charge in [-0.25, -0.2) is 0 Å². The van der Waals surface area contributed by atoms with Crippen molar-refractivity contribution in [2.75, 3.05) is 16.0 Å². The molecule has 256 valence electrons. The molecule has 0 aliphatic heterocycles. The standard InChI is InChI=1S/C14H21NO2.C13H21NO.C13H21N/c1-10(2)14(16)17-9-12-5-7-13(8-6-12)15-11(3)4;1-10(2)14-13-7-5-12(6-8-13)9-15-11(3)4;1-10(2)9-12-5-7-13(8-6-12)14-11(3)4/h5-8,10-11,15H,9H2,1-4H3;5-8,10-11,14H,9H2,1-4H3;5-8,10-11,14H,9H2,1-4H3. The zero-order valence-electron chi connectivity index (χ0n) is 30.7. The summed E-state index contributed by atoms with van der Waals surface area (Å²) >= 11 is 0. The second kappa shape index (κ2) is 22.1. The maximum absolute atomic E-state index is 11.3. The molecule has 0 aliphatic carbocycles. The van der Waals surface area contributed by atoms with Crippen molar-refractivity contribution in [1.29, 1.82) is 0 Å². The van der Waals surface area contributed by atoms with Crippen molar-refractivity contribution in [3.63, 3.8) is 0 Å². The first-order valence-electron chi connectivity index (χ1n) is 17.0. The minimum Gasteiger partial charge on any atom is -0.461 e. The largest absolute Gasteiger partial charge is 0.461 e. The summed E-state index contributed by atoms with van der Waals surface area (Å²) in [6.45, 7) is 26.1. The van der Waals surface area contributed by atoms with Gasteiger partial charge in [-0.15, -0.1) is 0 Å². The molecule has 0 atom stereocenters. The van der Waals surface area contributed by atoms with Gasteiger partial charge in [-0.3, -0.25) is 4.79 Å². The lowest BCUT2D eigenvalue weighted by atomic mass is 10.0. The van der Waals surface area contributed by atoms with Crippen LogP contribution in [0.1, 0.15) is 99.8 Å². The van der Waals surface area contributed by atoms with Gasteiger partial charge in [0.1, 0.15) is 6.61 Å². The number of esters is 1. The van der Waals surface area contributed by atoms with E-state index in [9.17, 15) is 4.79 Å². The lowest BCUT2D eigenvalue weighted by Gasteiger charge is -2.11. The van der Waals surface area contributed by atoms with E-state index in [-0.39, 0.29) is 11.9 Å². The van der Waals surface area contributed by atoms with Gasteiger partial charge in [0.15, 0.2) is 0 Å². The van der Waals surface area contributed by atoms with E-state index in [2.05, 4.69) is 134 Å². The third kappa shape index (κ3) is 19.8. The van der Waals surface area contributed by atoms with E-state index in [0.717, 1.165) is 17.2 Å². The Morgan fingerprint density at radius 1 is 0.522 bits per heavy atom. The topological polar surface area (TPSA) is 71.6 Å². The van der Waals surface area contributed by atoms with E-state index >= 15 is 0 Å². The Morgan fingerprint density at radius 3 is 1.17 bits per heavy atom. The van der Waals surface area contributed by atoms with Crippen molar-refractivity contribution in [2.24, 2.45) is 11.8 Å². The Labute approximate surface area is 281 Å². The molecule has 0 radical (unpaired) electrons. The van der Waals surface area contributed by atoms with Crippen LogP contribution in [0, 0.1) is 11.8 Å². The van der Waals surface area contributed by atoms with Crippen LogP contribution in [-0.4, -0.2) is 30.2 Å². The van der Waals surface area contributed by atoms with Crippen molar-refractivity contribution in [2.45, 2.75) is 127 Å². The highest BCUT2D eigenvalue weighted by atomic mass is 16.5. The van der Waals surface area contributed by atoms with E-state index in [4.69, 9.17) is 9.47 Å². The number of benzene rings is 3. The maximum Gasteiger partial charge on any atom is 0.308 e. The fourth-order valence-corrected chi connectivity index (χ4v) is 4.19. The molecule has 3 aromatic rings. The highest BCUT2D eigenvalue weighted by Crippen LogP contribution is 2.15. The Hall–Kier alpha value is -3.51. The number of hydrogen-bond acceptors (Lipinski definition) is 6. The predicted octanol–water partition coefficient (Wildman–Crippen LogP) is 10.3. The second-order valence-electron chi connectivity index (χ2n) is 13.7. The number of ether oxygens (including phenoxy) is 2. The van der Waals surface area contributed by atoms with Crippen molar-refractivity contribution < 1.29 is 14.3 Å². The van der Waals surface area contributed by atoms with Gasteiger partial charge >= 0.3 is 5.97 Å². The van der Waals surface area contributed by atoms with Crippen LogP contribution in [0.15, 0.2) is 72.8 Å². The molecular formula is C40H63N3O3. The average Bonchev–Trinajstić information content (AvgIpc) is 2.97. The van der Waals surface area contributed by atoms with E-state index in [1.165, 1.54) is 28.9 Å². The lowest BCUT2D eigenvalue weighted by Crippen LogP contribution is -2.11. The van der Waals surface area contributed by atoms with Gasteiger partial charge in [0.2, 0.25) is 0 Å². The van der Waals surface area contributed by atoms with Gasteiger partial charge in [0.25, 0.3) is 0 Å². The molecule has 0 aromatic heterocycles. The second-order valence-corrected chi connectivity index (χ2v) is 13.7. The minimum atomic E-state index is -0.158. The molecule has 0 heterocycles. The van der Waals surface area contributed by atoms with Crippen molar-refractivity contribution in [3.8, 4) is 0 Å². The smallest absolute Gasteiger partial charge is 0.308 e. The summed E-state index contributed by atoms with van der Waals surface area (Å²) in [5.74, 6) is 0.505. The van der Waals surface area contributed by atoms with E-state index in [1.807, 2.05) is 38.1 Å². The Balaban J connectivity index is 0.000000347. The quantitative estimate of drug-likeness (QED) is 0.153. The first kappa shape index (κ1) is 40.5. The maximum atomic E-state index is 11.3. The number of carbonyl (C=O) groups excluding carboxylic acids is 1. The van der Waals surface area contributed by atoms with Crippen LogP contribution in [0.2, 0.25) is 0 Å². The molecule has 6 nitrogen and oxygen atoms in total. The Morgan fingerprint density at radius 2 is 0.870 bits per heavy atom. The minimum absolute atomic E-state index is 0.0723. The summed E-state index contributed by atoms with van der Waals surface area (Å²) in [6, 6.07) is 26.5. The van der Waals surface area contributed by atoms with E-state index in [1.54, 1.807) is 0 Å². The number of carbonyl (C=O) groups is 1. The van der Waals surface area contributed by atoms with Gasteiger partial charge in [-0.05, 0) is 121 Å². The monoisotopic (exact) mass is 633 g/mol. The molecule has 0 bridgehead atoms. The van der Waals surface area contributed by atoms with E-state index < -0.39 is 0 Å². The molecule has 0 amide bonds. The molecule has 0 spiro atoms. The normalized spacial score (nSPS) is 10.9. The molecule has 0 fully saturated rings. The molecule has 3 rings (SSSR count). The number of nitrogens with one attached hydrogen (secondary N) is 3. The van der Waals surface area contributed by atoms with Crippen LogP contribution >= 0.6 is 0 Å². The molecule has 3 aromatic carbocycles. The predicted molar refractivity (Wildman–Crippen MR) is 199 cm³/mol. The Kier molecular flexibility index (Phi) is 19.5. The molecule has 46 heavy (non-hydrogen) atoms. The van der Waals surface area contributed by atoms with Crippen molar-refractivity contribution in [1.82, 2.24) is 0 Å². The van der Waals surface area contributed by atoms with Gasteiger partial charge in [0, 0.05) is 35.2 Å².